The molecule has 3 nitrogen and oxygen atoms in total. The summed E-state index contributed by atoms with van der Waals surface area (Å²) in [7, 11) is 2.07. The SMILES string of the molecule is CC(C)CCN(C)[C@H](C)C(=O)N1CCC(C)CC1. The fourth-order valence-corrected chi connectivity index (χ4v) is 2.34. The van der Waals surface area contributed by atoms with Crippen LogP contribution >= 0.6 is 0 Å². The first-order valence-corrected chi connectivity index (χ1v) is 7.40. The molecule has 0 spiro atoms. The molecule has 0 aromatic heterocycles. The highest BCUT2D eigenvalue weighted by Gasteiger charge is 2.26. The van der Waals surface area contributed by atoms with Crippen LogP contribution in [0.1, 0.15) is 47.0 Å². The summed E-state index contributed by atoms with van der Waals surface area (Å²) in [5.74, 6) is 1.79. The molecule has 1 rings (SSSR count). The van der Waals surface area contributed by atoms with E-state index >= 15 is 0 Å². The summed E-state index contributed by atoms with van der Waals surface area (Å²) in [5.41, 5.74) is 0. The fraction of sp³-hybridized carbons (Fsp3) is 0.933. The number of carbonyl (C=O) groups is 1. The molecule has 1 saturated heterocycles. The molecule has 0 bridgehead atoms. The van der Waals surface area contributed by atoms with Crippen molar-refractivity contribution in [2.24, 2.45) is 11.8 Å². The highest BCUT2D eigenvalue weighted by atomic mass is 16.2. The Labute approximate surface area is 113 Å². The lowest BCUT2D eigenvalue weighted by molar-refractivity contribution is -0.137. The number of piperidine rings is 1. The Bertz CT molecular complexity index is 257. The van der Waals surface area contributed by atoms with Gasteiger partial charge in [-0.3, -0.25) is 9.69 Å². The molecule has 0 N–H and O–H groups in total. The van der Waals surface area contributed by atoms with Crippen molar-refractivity contribution in [2.75, 3.05) is 26.7 Å². The normalized spacial score (nSPS) is 19.6. The van der Waals surface area contributed by atoms with E-state index in [4.69, 9.17) is 0 Å². The van der Waals surface area contributed by atoms with Crippen LogP contribution in [0, 0.1) is 11.8 Å². The molecule has 1 aliphatic rings. The van der Waals surface area contributed by atoms with Crippen molar-refractivity contribution in [2.45, 2.75) is 53.0 Å². The van der Waals surface area contributed by atoms with E-state index in [0.29, 0.717) is 11.8 Å². The van der Waals surface area contributed by atoms with Gasteiger partial charge in [-0.05, 0) is 51.6 Å². The van der Waals surface area contributed by atoms with Crippen molar-refractivity contribution < 1.29 is 4.79 Å². The van der Waals surface area contributed by atoms with Gasteiger partial charge in [0.05, 0.1) is 6.04 Å². The van der Waals surface area contributed by atoms with Gasteiger partial charge in [-0.2, -0.15) is 0 Å². The smallest absolute Gasteiger partial charge is 0.239 e. The molecule has 106 valence electrons. The highest BCUT2D eigenvalue weighted by Crippen LogP contribution is 2.17. The first-order chi connectivity index (χ1) is 8.41. The number of hydrogen-bond acceptors (Lipinski definition) is 2. The number of nitrogens with zero attached hydrogens (tertiary/aromatic N) is 2. The van der Waals surface area contributed by atoms with Crippen molar-refractivity contribution in [1.82, 2.24) is 9.80 Å². The van der Waals surface area contributed by atoms with Crippen molar-refractivity contribution in [3.05, 3.63) is 0 Å². The van der Waals surface area contributed by atoms with Gasteiger partial charge < -0.3 is 4.90 Å². The van der Waals surface area contributed by atoms with Crippen LogP contribution in [0.4, 0.5) is 0 Å². The molecule has 18 heavy (non-hydrogen) atoms. The van der Waals surface area contributed by atoms with E-state index in [2.05, 4.69) is 37.6 Å². The van der Waals surface area contributed by atoms with Crippen LogP contribution in [0.3, 0.4) is 0 Å². The first-order valence-electron chi connectivity index (χ1n) is 7.40. The first kappa shape index (κ1) is 15.5. The van der Waals surface area contributed by atoms with Crippen LogP contribution in [-0.4, -0.2) is 48.4 Å². The lowest BCUT2D eigenvalue weighted by Gasteiger charge is -2.34. The molecule has 1 atom stereocenters. The Morgan fingerprint density at radius 2 is 1.83 bits per heavy atom. The van der Waals surface area contributed by atoms with Gasteiger partial charge >= 0.3 is 0 Å². The van der Waals surface area contributed by atoms with Crippen molar-refractivity contribution in [3.8, 4) is 0 Å². The predicted octanol–water partition coefficient (Wildman–Crippen LogP) is 2.61. The van der Waals surface area contributed by atoms with Crippen LogP contribution in [-0.2, 0) is 4.79 Å². The summed E-state index contributed by atoms with van der Waals surface area (Å²) < 4.78 is 0. The summed E-state index contributed by atoms with van der Waals surface area (Å²) in [6.45, 7) is 11.7. The van der Waals surface area contributed by atoms with Crippen molar-refractivity contribution in [3.63, 3.8) is 0 Å². The van der Waals surface area contributed by atoms with Gasteiger partial charge in [0.25, 0.3) is 0 Å². The third-order valence-electron chi connectivity index (χ3n) is 4.17. The summed E-state index contributed by atoms with van der Waals surface area (Å²) in [5, 5.41) is 0. The number of amides is 1. The van der Waals surface area contributed by atoms with Gasteiger partial charge in [-0.1, -0.05) is 20.8 Å². The molecule has 1 heterocycles. The molecular formula is C15H30N2O. The van der Waals surface area contributed by atoms with E-state index in [0.717, 1.165) is 44.8 Å². The predicted molar refractivity (Wildman–Crippen MR) is 76.5 cm³/mol. The van der Waals surface area contributed by atoms with Gasteiger partial charge in [0.1, 0.15) is 0 Å². The average molecular weight is 254 g/mol. The minimum atomic E-state index is 0.0251. The van der Waals surface area contributed by atoms with Crippen molar-refractivity contribution in [1.29, 1.82) is 0 Å². The molecule has 3 heteroatoms. The number of likely N-dealkylation sites (tertiary alicyclic amines) is 1. The molecule has 0 saturated carbocycles. The summed E-state index contributed by atoms with van der Waals surface area (Å²) >= 11 is 0. The van der Waals surface area contributed by atoms with Gasteiger partial charge in [-0.15, -0.1) is 0 Å². The molecule has 0 aliphatic carbocycles. The fourth-order valence-electron chi connectivity index (χ4n) is 2.34. The maximum Gasteiger partial charge on any atom is 0.239 e. The minimum Gasteiger partial charge on any atom is -0.341 e. The average Bonchev–Trinajstić information content (AvgIpc) is 2.35. The zero-order chi connectivity index (χ0) is 13.7. The van der Waals surface area contributed by atoms with E-state index in [9.17, 15) is 4.79 Å². The van der Waals surface area contributed by atoms with E-state index < -0.39 is 0 Å². The Morgan fingerprint density at radius 3 is 2.33 bits per heavy atom. The summed E-state index contributed by atoms with van der Waals surface area (Å²) in [6.07, 6.45) is 3.48. The summed E-state index contributed by atoms with van der Waals surface area (Å²) in [4.78, 5) is 16.6. The van der Waals surface area contributed by atoms with Gasteiger partial charge in [0.15, 0.2) is 0 Å². The Kier molecular flexibility index (Phi) is 6.13. The molecule has 0 unspecified atom stereocenters. The second kappa shape index (κ2) is 7.13. The molecule has 0 radical (unpaired) electrons. The molecule has 1 aliphatic heterocycles. The molecule has 0 aromatic rings. The molecule has 1 fully saturated rings. The lowest BCUT2D eigenvalue weighted by atomic mass is 9.98. The van der Waals surface area contributed by atoms with E-state index in [-0.39, 0.29) is 6.04 Å². The second-order valence-electron chi connectivity index (χ2n) is 6.35. The maximum absolute atomic E-state index is 12.4. The van der Waals surface area contributed by atoms with Gasteiger partial charge in [-0.25, -0.2) is 0 Å². The van der Waals surface area contributed by atoms with Crippen LogP contribution < -0.4 is 0 Å². The zero-order valence-corrected chi connectivity index (χ0v) is 12.8. The largest absolute Gasteiger partial charge is 0.341 e. The topological polar surface area (TPSA) is 23.6 Å². The standard InChI is InChI=1S/C15H30N2O/c1-12(2)6-9-16(5)14(4)15(18)17-10-7-13(3)8-11-17/h12-14H,6-11H2,1-5H3/t14-/m1/s1. The molecule has 0 aromatic carbocycles. The molecule has 1 amide bonds. The van der Waals surface area contributed by atoms with Crippen LogP contribution in [0.25, 0.3) is 0 Å². The number of rotatable bonds is 5. The number of likely N-dealkylation sites (N-methyl/N-ethyl adjacent to an activating group) is 1. The second-order valence-corrected chi connectivity index (χ2v) is 6.35. The van der Waals surface area contributed by atoms with Crippen molar-refractivity contribution >= 4 is 5.91 Å². The number of carbonyl (C=O) groups excluding carboxylic acids is 1. The minimum absolute atomic E-state index is 0.0251. The Morgan fingerprint density at radius 1 is 1.28 bits per heavy atom. The lowest BCUT2D eigenvalue weighted by Crippen LogP contribution is -2.48. The van der Waals surface area contributed by atoms with Crippen LogP contribution in [0.2, 0.25) is 0 Å². The third-order valence-corrected chi connectivity index (χ3v) is 4.17. The van der Waals surface area contributed by atoms with Gasteiger partial charge in [0.2, 0.25) is 5.91 Å². The van der Waals surface area contributed by atoms with Crippen LogP contribution in [0.15, 0.2) is 0 Å². The Hall–Kier alpha value is -0.570. The van der Waals surface area contributed by atoms with Crippen LogP contribution in [0.5, 0.6) is 0 Å². The van der Waals surface area contributed by atoms with E-state index in [1.54, 1.807) is 0 Å². The third kappa shape index (κ3) is 4.60. The van der Waals surface area contributed by atoms with E-state index in [1.807, 2.05) is 6.92 Å². The zero-order valence-electron chi connectivity index (χ0n) is 12.8. The Balaban J connectivity index is 2.40. The van der Waals surface area contributed by atoms with E-state index in [1.165, 1.54) is 0 Å². The monoisotopic (exact) mass is 254 g/mol. The highest BCUT2D eigenvalue weighted by molar-refractivity contribution is 5.81. The van der Waals surface area contributed by atoms with Gasteiger partial charge in [0, 0.05) is 13.1 Å². The summed E-state index contributed by atoms with van der Waals surface area (Å²) in [6, 6.07) is 0.0251. The maximum atomic E-state index is 12.4. The quantitative estimate of drug-likeness (QED) is 0.753. The number of hydrogen-bond donors (Lipinski definition) is 0. The molecular weight excluding hydrogens is 224 g/mol.